The minimum absolute atomic E-state index is 0.0949. The van der Waals surface area contributed by atoms with Gasteiger partial charge in [-0.05, 0) is 25.0 Å². The zero-order valence-corrected chi connectivity index (χ0v) is 11.4. The number of benzene rings is 1. The molecule has 19 heavy (non-hydrogen) atoms. The Kier molecular flexibility index (Phi) is 5.06. The number of carboxylic acids is 1. The second-order valence-electron chi connectivity index (χ2n) is 4.54. The molecule has 1 atom stereocenters. The van der Waals surface area contributed by atoms with Crippen LogP contribution in [0.2, 0.25) is 0 Å². The van der Waals surface area contributed by atoms with Crippen LogP contribution in [0, 0.1) is 0 Å². The molecule has 0 fully saturated rings. The number of carboxylic acid groups (broad SMARTS) is 1. The third kappa shape index (κ3) is 3.54. The molecule has 0 aromatic heterocycles. The molecule has 0 spiro atoms. The molecule has 1 aromatic carbocycles. The molecular formula is C14H19NO4. The van der Waals surface area contributed by atoms with Crippen LogP contribution in [0.5, 0.6) is 0 Å². The summed E-state index contributed by atoms with van der Waals surface area (Å²) < 4.78 is 4.87. The van der Waals surface area contributed by atoms with E-state index in [4.69, 9.17) is 4.74 Å². The van der Waals surface area contributed by atoms with Gasteiger partial charge >= 0.3 is 5.97 Å². The van der Waals surface area contributed by atoms with E-state index < -0.39 is 17.4 Å². The molecule has 104 valence electrons. The highest BCUT2D eigenvalue weighted by atomic mass is 16.5. The Morgan fingerprint density at radius 2 is 2.00 bits per heavy atom. The molecule has 0 saturated carbocycles. The number of hydrogen-bond donors (Lipinski definition) is 2. The van der Waals surface area contributed by atoms with Crippen LogP contribution in [0.25, 0.3) is 0 Å². The Bertz CT molecular complexity index is 472. The minimum Gasteiger partial charge on any atom is -0.479 e. The fraction of sp³-hybridized carbons (Fsp3) is 0.429. The van der Waals surface area contributed by atoms with E-state index in [1.54, 1.807) is 12.1 Å². The standard InChI is InChI=1S/C14H19NO4/c1-4-10-7-5-6-8-11(10)12(16)15-14(2,9-19-3)13(17)18/h5-8H,4,9H2,1-3H3,(H,15,16)(H,17,18). The molecule has 0 aliphatic carbocycles. The Balaban J connectivity index is 2.97. The summed E-state index contributed by atoms with van der Waals surface area (Å²) in [6, 6.07) is 7.14. The predicted molar refractivity (Wildman–Crippen MR) is 71.2 cm³/mol. The lowest BCUT2D eigenvalue weighted by Gasteiger charge is -2.25. The van der Waals surface area contributed by atoms with Crippen LogP contribution in [0.3, 0.4) is 0 Å². The predicted octanol–water partition coefficient (Wildman–Crippen LogP) is 1.47. The molecule has 0 aliphatic heterocycles. The first-order chi connectivity index (χ1) is 8.94. The van der Waals surface area contributed by atoms with Crippen LogP contribution in [0.15, 0.2) is 24.3 Å². The summed E-state index contributed by atoms with van der Waals surface area (Å²) in [7, 11) is 1.40. The maximum absolute atomic E-state index is 12.2. The van der Waals surface area contributed by atoms with E-state index in [1.165, 1.54) is 14.0 Å². The highest BCUT2D eigenvalue weighted by Gasteiger charge is 2.35. The first kappa shape index (κ1) is 15.2. The molecule has 0 bridgehead atoms. The van der Waals surface area contributed by atoms with Gasteiger partial charge in [-0.15, -0.1) is 0 Å². The number of carbonyl (C=O) groups is 2. The van der Waals surface area contributed by atoms with Gasteiger partial charge in [0.2, 0.25) is 0 Å². The van der Waals surface area contributed by atoms with Gasteiger partial charge in [-0.1, -0.05) is 25.1 Å². The number of amides is 1. The monoisotopic (exact) mass is 265 g/mol. The van der Waals surface area contributed by atoms with Crippen molar-refractivity contribution in [3.63, 3.8) is 0 Å². The maximum atomic E-state index is 12.2. The van der Waals surface area contributed by atoms with Gasteiger partial charge in [0.1, 0.15) is 0 Å². The van der Waals surface area contributed by atoms with Crippen LogP contribution in [0.1, 0.15) is 29.8 Å². The van der Waals surface area contributed by atoms with Crippen molar-refractivity contribution < 1.29 is 19.4 Å². The second-order valence-corrected chi connectivity index (χ2v) is 4.54. The molecule has 5 nitrogen and oxygen atoms in total. The van der Waals surface area contributed by atoms with Crippen molar-refractivity contribution in [2.45, 2.75) is 25.8 Å². The number of carbonyl (C=O) groups excluding carboxylic acids is 1. The van der Waals surface area contributed by atoms with E-state index in [0.29, 0.717) is 12.0 Å². The number of methoxy groups -OCH3 is 1. The van der Waals surface area contributed by atoms with Crippen LogP contribution in [-0.2, 0) is 16.0 Å². The van der Waals surface area contributed by atoms with Crippen molar-refractivity contribution >= 4 is 11.9 Å². The lowest BCUT2D eigenvalue weighted by molar-refractivity contribution is -0.145. The lowest BCUT2D eigenvalue weighted by Crippen LogP contribution is -2.55. The smallest absolute Gasteiger partial charge is 0.331 e. The van der Waals surface area contributed by atoms with E-state index in [0.717, 1.165) is 5.56 Å². The number of ether oxygens (including phenoxy) is 1. The molecule has 1 rings (SSSR count). The van der Waals surface area contributed by atoms with Gasteiger partial charge in [-0.3, -0.25) is 4.79 Å². The molecule has 5 heteroatoms. The van der Waals surface area contributed by atoms with E-state index >= 15 is 0 Å². The van der Waals surface area contributed by atoms with E-state index in [2.05, 4.69) is 5.32 Å². The summed E-state index contributed by atoms with van der Waals surface area (Å²) in [5, 5.41) is 11.7. The van der Waals surface area contributed by atoms with E-state index in [1.807, 2.05) is 19.1 Å². The largest absolute Gasteiger partial charge is 0.479 e. The number of nitrogens with one attached hydrogen (secondary N) is 1. The van der Waals surface area contributed by atoms with Crippen LogP contribution < -0.4 is 5.32 Å². The molecule has 0 aliphatic rings. The molecule has 0 radical (unpaired) electrons. The van der Waals surface area contributed by atoms with Gasteiger partial charge in [-0.25, -0.2) is 4.79 Å². The first-order valence-electron chi connectivity index (χ1n) is 6.07. The Hall–Kier alpha value is -1.88. The average molecular weight is 265 g/mol. The number of aliphatic carboxylic acids is 1. The van der Waals surface area contributed by atoms with Crippen LogP contribution in [-0.4, -0.2) is 36.2 Å². The molecular weight excluding hydrogens is 246 g/mol. The zero-order valence-electron chi connectivity index (χ0n) is 11.4. The summed E-state index contributed by atoms with van der Waals surface area (Å²) in [6.45, 7) is 3.27. The number of aryl methyl sites for hydroxylation is 1. The van der Waals surface area contributed by atoms with Crippen molar-refractivity contribution in [2.75, 3.05) is 13.7 Å². The molecule has 1 unspecified atom stereocenters. The Morgan fingerprint density at radius 3 is 2.53 bits per heavy atom. The highest BCUT2D eigenvalue weighted by Crippen LogP contribution is 2.12. The van der Waals surface area contributed by atoms with Crippen molar-refractivity contribution in [1.29, 1.82) is 0 Å². The van der Waals surface area contributed by atoms with Crippen molar-refractivity contribution in [3.8, 4) is 0 Å². The topological polar surface area (TPSA) is 75.6 Å². The Labute approximate surface area is 112 Å². The van der Waals surface area contributed by atoms with Gasteiger partial charge in [0.25, 0.3) is 5.91 Å². The molecule has 1 amide bonds. The van der Waals surface area contributed by atoms with Gasteiger partial charge in [-0.2, -0.15) is 0 Å². The summed E-state index contributed by atoms with van der Waals surface area (Å²) >= 11 is 0. The zero-order chi connectivity index (χ0) is 14.5. The minimum atomic E-state index is -1.44. The maximum Gasteiger partial charge on any atom is 0.331 e. The summed E-state index contributed by atoms with van der Waals surface area (Å²) in [5.74, 6) is -1.53. The summed E-state index contributed by atoms with van der Waals surface area (Å²) in [4.78, 5) is 23.4. The van der Waals surface area contributed by atoms with Crippen LogP contribution >= 0.6 is 0 Å². The van der Waals surface area contributed by atoms with E-state index in [9.17, 15) is 14.7 Å². The van der Waals surface area contributed by atoms with Crippen molar-refractivity contribution in [3.05, 3.63) is 35.4 Å². The van der Waals surface area contributed by atoms with Crippen molar-refractivity contribution in [2.24, 2.45) is 0 Å². The number of rotatable bonds is 6. The third-order valence-corrected chi connectivity index (χ3v) is 2.94. The second kappa shape index (κ2) is 6.33. The summed E-state index contributed by atoms with van der Waals surface area (Å²) in [6.07, 6.45) is 0.706. The lowest BCUT2D eigenvalue weighted by atomic mass is 10.0. The molecule has 2 N–H and O–H groups in total. The summed E-state index contributed by atoms with van der Waals surface area (Å²) in [5.41, 5.74) is -0.0640. The number of hydrogen-bond acceptors (Lipinski definition) is 3. The third-order valence-electron chi connectivity index (χ3n) is 2.94. The van der Waals surface area contributed by atoms with Gasteiger partial charge in [0.05, 0.1) is 6.61 Å². The molecule has 1 aromatic rings. The Morgan fingerprint density at radius 1 is 1.37 bits per heavy atom. The quantitative estimate of drug-likeness (QED) is 0.816. The molecule has 0 saturated heterocycles. The van der Waals surface area contributed by atoms with Gasteiger partial charge in [0, 0.05) is 12.7 Å². The van der Waals surface area contributed by atoms with E-state index in [-0.39, 0.29) is 6.61 Å². The fourth-order valence-electron chi connectivity index (χ4n) is 1.81. The molecule has 0 heterocycles. The van der Waals surface area contributed by atoms with Gasteiger partial charge < -0.3 is 15.2 Å². The van der Waals surface area contributed by atoms with Crippen LogP contribution in [0.4, 0.5) is 0 Å². The SMILES string of the molecule is CCc1ccccc1C(=O)NC(C)(COC)C(=O)O. The van der Waals surface area contributed by atoms with Crippen molar-refractivity contribution in [1.82, 2.24) is 5.32 Å². The fourth-order valence-corrected chi connectivity index (χ4v) is 1.81. The first-order valence-corrected chi connectivity index (χ1v) is 6.07. The highest BCUT2D eigenvalue weighted by molar-refractivity contribution is 5.98. The normalized spacial score (nSPS) is 13.6. The van der Waals surface area contributed by atoms with Gasteiger partial charge in [0.15, 0.2) is 5.54 Å². The average Bonchev–Trinajstić information content (AvgIpc) is 2.38.